The molecule has 3 rings (SSSR count). The molecule has 124 valence electrons. The highest BCUT2D eigenvalue weighted by atomic mass is 15.3. The highest BCUT2D eigenvalue weighted by molar-refractivity contribution is 5.57. The van der Waals surface area contributed by atoms with Gasteiger partial charge in [-0.05, 0) is 31.4 Å². The van der Waals surface area contributed by atoms with E-state index in [0.29, 0.717) is 5.56 Å². The molecule has 5 nitrogen and oxygen atoms in total. The Bertz CT molecular complexity index is 735. The summed E-state index contributed by atoms with van der Waals surface area (Å²) in [5, 5.41) is 18.1. The van der Waals surface area contributed by atoms with Crippen LogP contribution in [-0.4, -0.2) is 41.3 Å². The van der Waals surface area contributed by atoms with Gasteiger partial charge in [0.1, 0.15) is 11.6 Å². The molecule has 24 heavy (non-hydrogen) atoms. The van der Waals surface area contributed by atoms with Crippen LogP contribution < -0.4 is 4.90 Å². The first-order valence-corrected chi connectivity index (χ1v) is 8.44. The van der Waals surface area contributed by atoms with Gasteiger partial charge in [0, 0.05) is 32.7 Å². The van der Waals surface area contributed by atoms with Crippen molar-refractivity contribution in [1.82, 2.24) is 15.1 Å². The third-order valence-corrected chi connectivity index (χ3v) is 4.68. The second kappa shape index (κ2) is 7.41. The first kappa shape index (κ1) is 16.4. The van der Waals surface area contributed by atoms with Crippen molar-refractivity contribution in [3.8, 4) is 6.07 Å². The predicted octanol–water partition coefficient (Wildman–Crippen LogP) is 2.68. The number of aromatic nitrogens is 2. The van der Waals surface area contributed by atoms with Crippen molar-refractivity contribution in [3.63, 3.8) is 0 Å². The van der Waals surface area contributed by atoms with Crippen LogP contribution in [0.4, 0.5) is 5.82 Å². The van der Waals surface area contributed by atoms with Crippen LogP contribution >= 0.6 is 0 Å². The van der Waals surface area contributed by atoms with E-state index in [4.69, 9.17) is 0 Å². The fraction of sp³-hybridized carbons (Fsp3) is 0.421. The van der Waals surface area contributed by atoms with E-state index in [9.17, 15) is 5.26 Å². The first-order chi connectivity index (χ1) is 11.7. The second-order valence-electron chi connectivity index (χ2n) is 6.32. The van der Waals surface area contributed by atoms with Gasteiger partial charge >= 0.3 is 0 Å². The third kappa shape index (κ3) is 3.55. The lowest BCUT2D eigenvalue weighted by molar-refractivity contribution is 0.285. The zero-order chi connectivity index (χ0) is 16.9. The minimum atomic E-state index is 0.666. The lowest BCUT2D eigenvalue weighted by Crippen LogP contribution is -2.31. The maximum atomic E-state index is 9.52. The molecule has 0 unspecified atom stereocenters. The smallest absolute Gasteiger partial charge is 0.169 e. The van der Waals surface area contributed by atoms with Crippen molar-refractivity contribution in [2.45, 2.75) is 26.8 Å². The summed E-state index contributed by atoms with van der Waals surface area (Å²) >= 11 is 0. The molecule has 5 heteroatoms. The van der Waals surface area contributed by atoms with Gasteiger partial charge in [-0.2, -0.15) is 10.4 Å². The van der Waals surface area contributed by atoms with Gasteiger partial charge in [-0.25, -0.2) is 0 Å². The Labute approximate surface area is 143 Å². The fourth-order valence-electron chi connectivity index (χ4n) is 3.13. The van der Waals surface area contributed by atoms with Crippen LogP contribution in [-0.2, 0) is 6.54 Å². The second-order valence-corrected chi connectivity index (χ2v) is 6.32. The number of aryl methyl sites for hydroxylation is 1. The molecule has 0 N–H and O–H groups in total. The molecule has 1 aromatic heterocycles. The normalized spacial score (nSPS) is 15.8. The van der Waals surface area contributed by atoms with E-state index >= 15 is 0 Å². The zero-order valence-corrected chi connectivity index (χ0v) is 14.4. The van der Waals surface area contributed by atoms with Crippen LogP contribution in [0.1, 0.15) is 28.8 Å². The molecule has 1 aliphatic heterocycles. The molecular formula is C19H23N5. The van der Waals surface area contributed by atoms with Gasteiger partial charge in [0.25, 0.3) is 0 Å². The number of benzene rings is 1. The Kier molecular flexibility index (Phi) is 5.07. The zero-order valence-electron chi connectivity index (χ0n) is 14.4. The summed E-state index contributed by atoms with van der Waals surface area (Å²) in [5.74, 6) is 0.738. The fourth-order valence-corrected chi connectivity index (χ4v) is 3.13. The number of hydrogen-bond acceptors (Lipinski definition) is 5. The van der Waals surface area contributed by atoms with Crippen molar-refractivity contribution >= 4 is 5.82 Å². The Morgan fingerprint density at radius 1 is 1.04 bits per heavy atom. The molecule has 0 bridgehead atoms. The van der Waals surface area contributed by atoms with Crippen molar-refractivity contribution in [2.24, 2.45) is 0 Å². The Balaban J connectivity index is 1.72. The molecule has 0 aliphatic carbocycles. The summed E-state index contributed by atoms with van der Waals surface area (Å²) in [5.41, 5.74) is 3.78. The minimum Gasteiger partial charge on any atom is -0.353 e. The lowest BCUT2D eigenvalue weighted by atomic mass is 10.1. The van der Waals surface area contributed by atoms with Gasteiger partial charge < -0.3 is 4.90 Å². The number of nitrogens with zero attached hydrogens (tertiary/aromatic N) is 5. The van der Waals surface area contributed by atoms with Gasteiger partial charge in [-0.15, -0.1) is 5.10 Å². The minimum absolute atomic E-state index is 0.666. The molecular weight excluding hydrogens is 298 g/mol. The molecule has 0 spiro atoms. The van der Waals surface area contributed by atoms with Gasteiger partial charge in [0.2, 0.25) is 0 Å². The van der Waals surface area contributed by atoms with E-state index in [1.807, 2.05) is 13.8 Å². The first-order valence-electron chi connectivity index (χ1n) is 8.44. The predicted molar refractivity (Wildman–Crippen MR) is 94.8 cm³/mol. The summed E-state index contributed by atoms with van der Waals surface area (Å²) in [6, 6.07) is 12.9. The standard InChI is InChI=1S/C19H23N5/c1-15-16(2)21-22-19(18(15)13-20)24-10-6-9-23(11-12-24)14-17-7-4-3-5-8-17/h3-5,7-8H,6,9-12,14H2,1-2H3. The topological polar surface area (TPSA) is 56.1 Å². The maximum absolute atomic E-state index is 9.52. The van der Waals surface area contributed by atoms with Crippen LogP contribution in [0.25, 0.3) is 0 Å². The molecule has 1 aliphatic rings. The quantitative estimate of drug-likeness (QED) is 0.870. The lowest BCUT2D eigenvalue weighted by Gasteiger charge is -2.23. The van der Waals surface area contributed by atoms with Crippen molar-refractivity contribution in [3.05, 3.63) is 52.7 Å². The molecule has 2 aromatic rings. The number of nitriles is 1. The van der Waals surface area contributed by atoms with E-state index in [0.717, 1.165) is 56.2 Å². The van der Waals surface area contributed by atoms with E-state index in [2.05, 4.69) is 56.4 Å². The van der Waals surface area contributed by atoms with Gasteiger partial charge in [0.15, 0.2) is 5.82 Å². The number of anilines is 1. The Morgan fingerprint density at radius 3 is 2.58 bits per heavy atom. The summed E-state index contributed by atoms with van der Waals surface area (Å²) in [6.45, 7) is 8.64. The van der Waals surface area contributed by atoms with Gasteiger partial charge in [0.05, 0.1) is 5.69 Å². The van der Waals surface area contributed by atoms with Crippen molar-refractivity contribution in [2.75, 3.05) is 31.1 Å². The van der Waals surface area contributed by atoms with Crippen molar-refractivity contribution in [1.29, 1.82) is 5.26 Å². The van der Waals surface area contributed by atoms with Crippen LogP contribution in [0.3, 0.4) is 0 Å². The summed E-state index contributed by atoms with van der Waals surface area (Å²) in [4.78, 5) is 4.68. The van der Waals surface area contributed by atoms with Crippen LogP contribution in [0, 0.1) is 25.2 Å². The molecule has 2 heterocycles. The van der Waals surface area contributed by atoms with Crippen molar-refractivity contribution < 1.29 is 0 Å². The third-order valence-electron chi connectivity index (χ3n) is 4.68. The highest BCUT2D eigenvalue weighted by Crippen LogP contribution is 2.22. The average molecular weight is 321 g/mol. The van der Waals surface area contributed by atoms with E-state index in [-0.39, 0.29) is 0 Å². The molecule has 1 saturated heterocycles. The summed E-state index contributed by atoms with van der Waals surface area (Å²) in [7, 11) is 0. The van der Waals surface area contributed by atoms with E-state index in [1.165, 1.54) is 5.56 Å². The monoisotopic (exact) mass is 321 g/mol. The molecule has 0 radical (unpaired) electrons. The molecule has 1 aromatic carbocycles. The summed E-state index contributed by atoms with van der Waals surface area (Å²) in [6.07, 6.45) is 1.06. The number of hydrogen-bond donors (Lipinski definition) is 0. The van der Waals surface area contributed by atoms with E-state index in [1.54, 1.807) is 0 Å². The van der Waals surface area contributed by atoms with Crippen LogP contribution in [0.5, 0.6) is 0 Å². The largest absolute Gasteiger partial charge is 0.353 e. The SMILES string of the molecule is Cc1nnc(N2CCCN(Cc3ccccc3)CC2)c(C#N)c1C. The number of rotatable bonds is 3. The van der Waals surface area contributed by atoms with Gasteiger partial charge in [-0.1, -0.05) is 30.3 Å². The molecule has 1 fully saturated rings. The highest BCUT2D eigenvalue weighted by Gasteiger charge is 2.20. The van der Waals surface area contributed by atoms with Gasteiger partial charge in [-0.3, -0.25) is 4.90 Å². The molecule has 0 saturated carbocycles. The van der Waals surface area contributed by atoms with E-state index < -0.39 is 0 Å². The maximum Gasteiger partial charge on any atom is 0.169 e. The molecule has 0 atom stereocenters. The van der Waals surface area contributed by atoms with Crippen LogP contribution in [0.2, 0.25) is 0 Å². The van der Waals surface area contributed by atoms with Crippen LogP contribution in [0.15, 0.2) is 30.3 Å². The Morgan fingerprint density at radius 2 is 1.83 bits per heavy atom. The average Bonchev–Trinajstić information content (AvgIpc) is 2.84. The Hall–Kier alpha value is -2.45. The molecule has 0 amide bonds. The summed E-state index contributed by atoms with van der Waals surface area (Å²) < 4.78 is 0.